The molecule has 0 bridgehead atoms. The predicted octanol–water partition coefficient (Wildman–Crippen LogP) is 4.30. The normalized spacial score (nSPS) is 12.7. The molecule has 1 heterocycles. The van der Waals surface area contributed by atoms with Crippen molar-refractivity contribution in [1.29, 1.82) is 0 Å². The molecular formula is C17H16F2N2. The molecule has 2 N–H and O–H groups in total. The molecule has 3 aromatic rings. The van der Waals surface area contributed by atoms with E-state index < -0.39 is 11.6 Å². The van der Waals surface area contributed by atoms with Crippen molar-refractivity contribution in [3.8, 4) is 0 Å². The van der Waals surface area contributed by atoms with Crippen molar-refractivity contribution in [3.63, 3.8) is 0 Å². The summed E-state index contributed by atoms with van der Waals surface area (Å²) < 4.78 is 26.2. The Morgan fingerprint density at radius 2 is 1.95 bits per heavy atom. The smallest absolute Gasteiger partial charge is 0.159 e. The first kappa shape index (κ1) is 13.8. The first-order chi connectivity index (χ1) is 10.1. The van der Waals surface area contributed by atoms with Crippen molar-refractivity contribution in [2.45, 2.75) is 19.5 Å². The molecule has 1 atom stereocenters. The summed E-state index contributed by atoms with van der Waals surface area (Å²) in [7, 11) is 0. The summed E-state index contributed by atoms with van der Waals surface area (Å²) in [5, 5.41) is 4.51. The van der Waals surface area contributed by atoms with Gasteiger partial charge in [-0.05, 0) is 42.3 Å². The highest BCUT2D eigenvalue weighted by Crippen LogP contribution is 2.20. The highest BCUT2D eigenvalue weighted by molar-refractivity contribution is 5.82. The lowest BCUT2D eigenvalue weighted by molar-refractivity contribution is 0.501. The molecule has 0 amide bonds. The monoisotopic (exact) mass is 286 g/mol. The van der Waals surface area contributed by atoms with Crippen LogP contribution in [0.3, 0.4) is 0 Å². The Balaban J connectivity index is 1.75. The Hall–Kier alpha value is -2.20. The van der Waals surface area contributed by atoms with Gasteiger partial charge >= 0.3 is 0 Å². The molecular weight excluding hydrogens is 270 g/mol. The van der Waals surface area contributed by atoms with E-state index in [1.165, 1.54) is 17.0 Å². The van der Waals surface area contributed by atoms with E-state index in [0.29, 0.717) is 6.54 Å². The molecule has 21 heavy (non-hydrogen) atoms. The van der Waals surface area contributed by atoms with Crippen LogP contribution in [-0.2, 0) is 6.54 Å². The Kier molecular flexibility index (Phi) is 3.71. The Bertz CT molecular complexity index is 764. The van der Waals surface area contributed by atoms with Crippen LogP contribution in [0.5, 0.6) is 0 Å². The number of halogens is 2. The van der Waals surface area contributed by atoms with E-state index in [2.05, 4.69) is 16.4 Å². The largest absolute Gasteiger partial charge is 0.361 e. The van der Waals surface area contributed by atoms with E-state index in [4.69, 9.17) is 0 Å². The first-order valence-electron chi connectivity index (χ1n) is 6.88. The number of H-pyrrole nitrogens is 1. The topological polar surface area (TPSA) is 27.8 Å². The summed E-state index contributed by atoms with van der Waals surface area (Å²) >= 11 is 0. The van der Waals surface area contributed by atoms with Crippen molar-refractivity contribution in [1.82, 2.24) is 10.3 Å². The molecule has 1 aromatic heterocycles. The minimum atomic E-state index is -0.817. The standard InChI is InChI=1S/C17H16F2N2/c1-11(12-5-6-15(18)16(19)9-12)21-10-13-3-2-4-17-14(13)7-8-20-17/h2-9,11,20-21H,10H2,1H3. The summed E-state index contributed by atoms with van der Waals surface area (Å²) in [6.07, 6.45) is 1.91. The van der Waals surface area contributed by atoms with Crippen LogP contribution in [0.1, 0.15) is 24.1 Å². The zero-order chi connectivity index (χ0) is 14.8. The highest BCUT2D eigenvalue weighted by Gasteiger charge is 2.09. The molecule has 0 aliphatic rings. The van der Waals surface area contributed by atoms with E-state index in [0.717, 1.165) is 17.1 Å². The second-order valence-corrected chi connectivity index (χ2v) is 5.13. The molecule has 0 saturated heterocycles. The molecule has 0 saturated carbocycles. The van der Waals surface area contributed by atoms with Gasteiger partial charge in [0.05, 0.1) is 0 Å². The average molecular weight is 286 g/mol. The van der Waals surface area contributed by atoms with Gasteiger partial charge in [0.25, 0.3) is 0 Å². The van der Waals surface area contributed by atoms with Crippen LogP contribution < -0.4 is 5.32 Å². The van der Waals surface area contributed by atoms with Crippen LogP contribution in [0, 0.1) is 11.6 Å². The molecule has 1 unspecified atom stereocenters. The third-order valence-corrected chi connectivity index (χ3v) is 3.73. The van der Waals surface area contributed by atoms with Crippen LogP contribution in [0.2, 0.25) is 0 Å². The molecule has 0 fully saturated rings. The van der Waals surface area contributed by atoms with Gasteiger partial charge in [-0.3, -0.25) is 0 Å². The Morgan fingerprint density at radius 1 is 1.10 bits per heavy atom. The zero-order valence-electron chi connectivity index (χ0n) is 11.7. The molecule has 2 nitrogen and oxygen atoms in total. The molecule has 0 aliphatic carbocycles. The summed E-state index contributed by atoms with van der Waals surface area (Å²) in [5.74, 6) is -1.63. The van der Waals surface area contributed by atoms with Crippen LogP contribution in [0.4, 0.5) is 8.78 Å². The molecule has 108 valence electrons. The first-order valence-corrected chi connectivity index (χ1v) is 6.88. The van der Waals surface area contributed by atoms with Crippen LogP contribution >= 0.6 is 0 Å². The maximum atomic E-state index is 13.3. The van der Waals surface area contributed by atoms with Crippen molar-refractivity contribution < 1.29 is 8.78 Å². The Labute approximate surface area is 121 Å². The van der Waals surface area contributed by atoms with Crippen molar-refractivity contribution in [2.24, 2.45) is 0 Å². The average Bonchev–Trinajstić information content (AvgIpc) is 2.96. The second kappa shape index (κ2) is 5.66. The number of rotatable bonds is 4. The summed E-state index contributed by atoms with van der Waals surface area (Å²) in [6, 6.07) is 12.1. The maximum Gasteiger partial charge on any atom is 0.159 e. The molecule has 0 aliphatic heterocycles. The van der Waals surface area contributed by atoms with Gasteiger partial charge in [-0.1, -0.05) is 18.2 Å². The predicted molar refractivity (Wildman–Crippen MR) is 79.9 cm³/mol. The van der Waals surface area contributed by atoms with E-state index in [-0.39, 0.29) is 6.04 Å². The molecule has 2 aromatic carbocycles. The van der Waals surface area contributed by atoms with E-state index in [1.807, 2.05) is 31.3 Å². The van der Waals surface area contributed by atoms with Crippen molar-refractivity contribution in [2.75, 3.05) is 0 Å². The molecule has 4 heteroatoms. The van der Waals surface area contributed by atoms with Gasteiger partial charge in [0.1, 0.15) is 0 Å². The minimum Gasteiger partial charge on any atom is -0.361 e. The van der Waals surface area contributed by atoms with Gasteiger partial charge in [0, 0.05) is 29.7 Å². The SMILES string of the molecule is CC(NCc1cccc2[nH]ccc12)c1ccc(F)c(F)c1. The number of nitrogens with one attached hydrogen (secondary N) is 2. The summed E-state index contributed by atoms with van der Waals surface area (Å²) in [5.41, 5.74) is 2.99. The van der Waals surface area contributed by atoms with Gasteiger partial charge in [0.2, 0.25) is 0 Å². The highest BCUT2D eigenvalue weighted by atomic mass is 19.2. The quantitative estimate of drug-likeness (QED) is 0.735. The number of aromatic nitrogens is 1. The number of benzene rings is 2. The lowest BCUT2D eigenvalue weighted by Gasteiger charge is -2.15. The summed E-state index contributed by atoms with van der Waals surface area (Å²) in [4.78, 5) is 3.17. The van der Waals surface area contributed by atoms with Gasteiger partial charge < -0.3 is 10.3 Å². The van der Waals surface area contributed by atoms with Gasteiger partial charge in [-0.15, -0.1) is 0 Å². The number of hydrogen-bond donors (Lipinski definition) is 2. The third-order valence-electron chi connectivity index (χ3n) is 3.73. The van der Waals surface area contributed by atoms with Crippen molar-refractivity contribution >= 4 is 10.9 Å². The Morgan fingerprint density at radius 3 is 2.76 bits per heavy atom. The summed E-state index contributed by atoms with van der Waals surface area (Å²) in [6.45, 7) is 2.60. The number of aromatic amines is 1. The van der Waals surface area contributed by atoms with Crippen LogP contribution in [0.15, 0.2) is 48.7 Å². The van der Waals surface area contributed by atoms with E-state index in [1.54, 1.807) is 6.07 Å². The van der Waals surface area contributed by atoms with Crippen LogP contribution in [-0.4, -0.2) is 4.98 Å². The third kappa shape index (κ3) is 2.81. The fourth-order valence-electron chi connectivity index (χ4n) is 2.47. The lowest BCUT2D eigenvalue weighted by Crippen LogP contribution is -2.18. The fourth-order valence-corrected chi connectivity index (χ4v) is 2.47. The van der Waals surface area contributed by atoms with Crippen molar-refractivity contribution in [3.05, 3.63) is 71.4 Å². The van der Waals surface area contributed by atoms with E-state index >= 15 is 0 Å². The van der Waals surface area contributed by atoms with Crippen LogP contribution in [0.25, 0.3) is 10.9 Å². The maximum absolute atomic E-state index is 13.3. The number of fused-ring (bicyclic) bond motifs is 1. The molecule has 0 spiro atoms. The molecule has 3 rings (SSSR count). The second-order valence-electron chi connectivity index (χ2n) is 5.13. The fraction of sp³-hybridized carbons (Fsp3) is 0.176. The lowest BCUT2D eigenvalue weighted by atomic mass is 10.1. The van der Waals surface area contributed by atoms with Gasteiger partial charge in [-0.25, -0.2) is 8.78 Å². The minimum absolute atomic E-state index is 0.0608. The molecule has 0 radical (unpaired) electrons. The number of hydrogen-bond acceptors (Lipinski definition) is 1. The zero-order valence-corrected chi connectivity index (χ0v) is 11.7. The van der Waals surface area contributed by atoms with Gasteiger partial charge in [-0.2, -0.15) is 0 Å². The van der Waals surface area contributed by atoms with E-state index in [9.17, 15) is 8.78 Å². The van der Waals surface area contributed by atoms with Gasteiger partial charge in [0.15, 0.2) is 11.6 Å².